The molecule has 2 amide bonds. The molecule has 1 aromatic heterocycles. The molecule has 1 aliphatic heterocycles. The van der Waals surface area contributed by atoms with Gasteiger partial charge in [0.2, 0.25) is 0 Å². The number of thioether (sulfide) groups is 1. The van der Waals surface area contributed by atoms with E-state index in [2.05, 4.69) is 4.57 Å². The first-order valence-corrected chi connectivity index (χ1v) is 9.81. The fourth-order valence-corrected chi connectivity index (χ4v) is 4.10. The Kier molecular flexibility index (Phi) is 6.09. The van der Waals surface area contributed by atoms with Gasteiger partial charge in [0.1, 0.15) is 0 Å². The molecule has 0 N–H and O–H groups in total. The Balaban J connectivity index is 1.87. The first-order valence-electron chi connectivity index (χ1n) is 8.61. The van der Waals surface area contributed by atoms with Crippen LogP contribution in [-0.4, -0.2) is 40.9 Å². The van der Waals surface area contributed by atoms with Gasteiger partial charge >= 0.3 is 0 Å². The lowest BCUT2D eigenvalue weighted by atomic mass is 10.2. The quantitative estimate of drug-likeness (QED) is 0.511. The van der Waals surface area contributed by atoms with Crippen LogP contribution in [0.4, 0.5) is 4.79 Å². The van der Waals surface area contributed by atoms with Gasteiger partial charge in [0, 0.05) is 42.4 Å². The SMILES string of the molecule is COCCCN1C(=O)S/C(=C\c2cc(C)n(-c3ccc(Cl)cc3)c2C)C1=O. The number of carbonyl (C=O) groups is 2. The molecule has 0 saturated carbocycles. The van der Waals surface area contributed by atoms with Gasteiger partial charge < -0.3 is 9.30 Å². The lowest BCUT2D eigenvalue weighted by Crippen LogP contribution is -2.29. The monoisotopic (exact) mass is 404 g/mol. The number of hydrogen-bond acceptors (Lipinski definition) is 4. The average molecular weight is 405 g/mol. The molecule has 27 heavy (non-hydrogen) atoms. The molecule has 0 spiro atoms. The molecular formula is C20H21ClN2O3S. The minimum Gasteiger partial charge on any atom is -0.385 e. The highest BCUT2D eigenvalue weighted by molar-refractivity contribution is 8.18. The molecule has 1 fully saturated rings. The van der Waals surface area contributed by atoms with E-state index in [9.17, 15) is 9.59 Å². The Morgan fingerprint density at radius 1 is 1.19 bits per heavy atom. The summed E-state index contributed by atoms with van der Waals surface area (Å²) in [5.41, 5.74) is 3.97. The first-order chi connectivity index (χ1) is 12.9. The first kappa shape index (κ1) is 19.7. The second-order valence-corrected chi connectivity index (χ2v) is 7.75. The summed E-state index contributed by atoms with van der Waals surface area (Å²) in [7, 11) is 1.60. The van der Waals surface area contributed by atoms with Crippen molar-refractivity contribution in [1.82, 2.24) is 9.47 Å². The van der Waals surface area contributed by atoms with E-state index in [1.165, 1.54) is 4.90 Å². The summed E-state index contributed by atoms with van der Waals surface area (Å²) < 4.78 is 7.10. The smallest absolute Gasteiger partial charge is 0.293 e. The van der Waals surface area contributed by atoms with Crippen LogP contribution in [0.5, 0.6) is 0 Å². The molecule has 1 aliphatic rings. The van der Waals surface area contributed by atoms with Crippen molar-refractivity contribution in [3.05, 3.63) is 57.2 Å². The summed E-state index contributed by atoms with van der Waals surface area (Å²) in [6, 6.07) is 9.62. The van der Waals surface area contributed by atoms with E-state index in [1.54, 1.807) is 13.2 Å². The third-order valence-electron chi connectivity index (χ3n) is 4.45. The Morgan fingerprint density at radius 2 is 1.89 bits per heavy atom. The molecule has 5 nitrogen and oxygen atoms in total. The maximum atomic E-state index is 12.6. The van der Waals surface area contributed by atoms with Gasteiger partial charge in [0.25, 0.3) is 11.1 Å². The van der Waals surface area contributed by atoms with Crippen LogP contribution in [0.3, 0.4) is 0 Å². The van der Waals surface area contributed by atoms with E-state index in [-0.39, 0.29) is 11.1 Å². The van der Waals surface area contributed by atoms with Gasteiger partial charge in [0.15, 0.2) is 0 Å². The molecule has 0 bridgehead atoms. The highest BCUT2D eigenvalue weighted by Gasteiger charge is 2.34. The van der Waals surface area contributed by atoms with E-state index in [0.29, 0.717) is 29.5 Å². The van der Waals surface area contributed by atoms with Crippen molar-refractivity contribution in [1.29, 1.82) is 0 Å². The number of ether oxygens (including phenoxy) is 1. The lowest BCUT2D eigenvalue weighted by molar-refractivity contribution is -0.122. The van der Waals surface area contributed by atoms with Crippen molar-refractivity contribution in [2.45, 2.75) is 20.3 Å². The number of nitrogens with zero attached hydrogens (tertiary/aromatic N) is 2. The third kappa shape index (κ3) is 4.13. The van der Waals surface area contributed by atoms with Gasteiger partial charge in [-0.25, -0.2) is 0 Å². The molecule has 142 valence electrons. The number of benzene rings is 1. The third-order valence-corrected chi connectivity index (χ3v) is 5.60. The zero-order valence-electron chi connectivity index (χ0n) is 15.5. The molecule has 0 unspecified atom stereocenters. The maximum Gasteiger partial charge on any atom is 0.293 e. The number of amides is 2. The molecule has 2 aromatic rings. The van der Waals surface area contributed by atoms with Gasteiger partial charge in [0.05, 0.1) is 4.91 Å². The standard InChI is InChI=1S/C20H21ClN2O3S/c1-13-11-15(14(2)23(13)17-7-5-16(21)6-8-17)12-18-19(24)22(20(25)27-18)9-4-10-26-3/h5-8,11-12H,4,9-10H2,1-3H3/b18-12-. The molecular weight excluding hydrogens is 384 g/mol. The summed E-state index contributed by atoms with van der Waals surface area (Å²) in [5, 5.41) is 0.456. The topological polar surface area (TPSA) is 51.5 Å². The molecule has 3 rings (SSSR count). The van der Waals surface area contributed by atoms with Crippen molar-refractivity contribution < 1.29 is 14.3 Å². The van der Waals surface area contributed by atoms with E-state index < -0.39 is 0 Å². The number of halogens is 1. The normalized spacial score (nSPS) is 16.0. The van der Waals surface area contributed by atoms with Crippen molar-refractivity contribution in [2.75, 3.05) is 20.3 Å². The highest BCUT2D eigenvalue weighted by Crippen LogP contribution is 2.33. The molecule has 7 heteroatoms. The number of carbonyl (C=O) groups excluding carboxylic acids is 2. The van der Waals surface area contributed by atoms with Crippen LogP contribution in [0.25, 0.3) is 11.8 Å². The van der Waals surface area contributed by atoms with Gasteiger partial charge in [-0.05, 0) is 74.0 Å². The zero-order valence-corrected chi connectivity index (χ0v) is 17.1. The lowest BCUT2D eigenvalue weighted by Gasteiger charge is -2.11. The zero-order chi connectivity index (χ0) is 19.6. The minimum absolute atomic E-state index is 0.228. The summed E-state index contributed by atoms with van der Waals surface area (Å²) in [5.74, 6) is -0.239. The Bertz CT molecular complexity index is 903. The van der Waals surface area contributed by atoms with E-state index in [1.807, 2.05) is 44.2 Å². The fraction of sp³-hybridized carbons (Fsp3) is 0.300. The van der Waals surface area contributed by atoms with Gasteiger partial charge in [-0.2, -0.15) is 0 Å². The molecule has 1 saturated heterocycles. The number of hydrogen-bond donors (Lipinski definition) is 0. The minimum atomic E-state index is -0.239. The number of aromatic nitrogens is 1. The fourth-order valence-electron chi connectivity index (χ4n) is 3.12. The Hall–Kier alpha value is -2.02. The summed E-state index contributed by atoms with van der Waals surface area (Å²) in [6.45, 7) is 4.90. The Morgan fingerprint density at radius 3 is 2.56 bits per heavy atom. The van der Waals surface area contributed by atoms with E-state index in [4.69, 9.17) is 16.3 Å². The molecule has 1 aromatic carbocycles. The number of aryl methyl sites for hydroxylation is 1. The summed E-state index contributed by atoms with van der Waals surface area (Å²) in [6.07, 6.45) is 2.43. The number of imide groups is 1. The van der Waals surface area contributed by atoms with Crippen LogP contribution in [0.2, 0.25) is 5.02 Å². The van der Waals surface area contributed by atoms with E-state index >= 15 is 0 Å². The van der Waals surface area contributed by atoms with Crippen molar-refractivity contribution in [3.8, 4) is 5.69 Å². The number of rotatable bonds is 6. The maximum absolute atomic E-state index is 12.6. The summed E-state index contributed by atoms with van der Waals surface area (Å²) >= 11 is 6.97. The van der Waals surface area contributed by atoms with Gasteiger partial charge in [-0.15, -0.1) is 0 Å². The highest BCUT2D eigenvalue weighted by atomic mass is 35.5. The second-order valence-electron chi connectivity index (χ2n) is 6.32. The predicted octanol–water partition coefficient (Wildman–Crippen LogP) is 4.82. The Labute approximate surface area is 167 Å². The van der Waals surface area contributed by atoms with Crippen LogP contribution in [0.15, 0.2) is 35.2 Å². The van der Waals surface area contributed by atoms with Crippen LogP contribution in [-0.2, 0) is 9.53 Å². The number of methoxy groups -OCH3 is 1. The van der Waals surface area contributed by atoms with Crippen LogP contribution in [0.1, 0.15) is 23.4 Å². The van der Waals surface area contributed by atoms with Gasteiger partial charge in [-0.1, -0.05) is 11.6 Å². The molecule has 0 atom stereocenters. The molecule has 0 radical (unpaired) electrons. The summed E-state index contributed by atoms with van der Waals surface area (Å²) in [4.78, 5) is 26.5. The van der Waals surface area contributed by atoms with Crippen LogP contribution in [0, 0.1) is 13.8 Å². The van der Waals surface area contributed by atoms with Gasteiger partial charge in [-0.3, -0.25) is 14.5 Å². The average Bonchev–Trinajstić information content (AvgIpc) is 3.06. The van der Waals surface area contributed by atoms with Crippen LogP contribution >= 0.6 is 23.4 Å². The molecule has 2 heterocycles. The largest absolute Gasteiger partial charge is 0.385 e. The van der Waals surface area contributed by atoms with Crippen molar-refractivity contribution in [2.24, 2.45) is 0 Å². The van der Waals surface area contributed by atoms with Crippen LogP contribution < -0.4 is 0 Å². The van der Waals surface area contributed by atoms with Crippen molar-refractivity contribution in [3.63, 3.8) is 0 Å². The van der Waals surface area contributed by atoms with Crippen molar-refractivity contribution >= 4 is 40.6 Å². The predicted molar refractivity (Wildman–Crippen MR) is 109 cm³/mol. The van der Waals surface area contributed by atoms with E-state index in [0.717, 1.165) is 34.4 Å². The molecule has 0 aliphatic carbocycles. The second kappa shape index (κ2) is 8.33.